The maximum absolute atomic E-state index is 12.4. The molecule has 0 fully saturated rings. The Kier molecular flexibility index (Phi) is 6.38. The van der Waals surface area contributed by atoms with Crippen LogP contribution in [0.2, 0.25) is 5.02 Å². The molecule has 0 aliphatic carbocycles. The van der Waals surface area contributed by atoms with Crippen molar-refractivity contribution in [2.24, 2.45) is 0 Å². The summed E-state index contributed by atoms with van der Waals surface area (Å²) >= 11 is 5.86. The molecule has 0 unspecified atom stereocenters. The van der Waals surface area contributed by atoms with Gasteiger partial charge in [0.15, 0.2) is 0 Å². The lowest BCUT2D eigenvalue weighted by Gasteiger charge is -2.15. The number of amides is 2. The highest BCUT2D eigenvalue weighted by Gasteiger charge is 2.15. The fourth-order valence-electron chi connectivity index (χ4n) is 2.95. The lowest BCUT2D eigenvalue weighted by atomic mass is 10.0. The van der Waals surface area contributed by atoms with Crippen LogP contribution in [0.5, 0.6) is 5.88 Å². The van der Waals surface area contributed by atoms with Crippen LogP contribution in [0.25, 0.3) is 10.9 Å². The van der Waals surface area contributed by atoms with E-state index in [0.717, 1.165) is 35.0 Å². The first-order valence-electron chi connectivity index (χ1n) is 8.80. The van der Waals surface area contributed by atoms with Gasteiger partial charge in [0, 0.05) is 17.3 Å². The van der Waals surface area contributed by atoms with E-state index in [4.69, 9.17) is 11.6 Å². The van der Waals surface area contributed by atoms with Gasteiger partial charge in [-0.3, -0.25) is 9.97 Å². The van der Waals surface area contributed by atoms with Gasteiger partial charge in [-0.2, -0.15) is 8.78 Å². The van der Waals surface area contributed by atoms with Crippen molar-refractivity contribution in [3.63, 3.8) is 0 Å². The second kappa shape index (κ2) is 8.95. The molecule has 0 aliphatic heterocycles. The molecule has 3 aromatic heterocycles. The van der Waals surface area contributed by atoms with Gasteiger partial charge >= 0.3 is 12.6 Å². The number of carbonyl (C=O) groups is 1. The number of anilines is 2. The van der Waals surface area contributed by atoms with Crippen LogP contribution in [0.3, 0.4) is 0 Å². The third kappa shape index (κ3) is 4.86. The number of alkyl halides is 2. The molecule has 0 saturated carbocycles. The maximum atomic E-state index is 12.4. The number of hydrogen-bond donors (Lipinski definition) is 2. The molecule has 0 atom stereocenters. The van der Waals surface area contributed by atoms with E-state index < -0.39 is 18.5 Å². The van der Waals surface area contributed by atoms with Gasteiger partial charge in [0.2, 0.25) is 5.88 Å². The van der Waals surface area contributed by atoms with Crippen LogP contribution < -0.4 is 15.4 Å². The predicted molar refractivity (Wildman–Crippen MR) is 107 cm³/mol. The Labute approximate surface area is 170 Å². The fraction of sp³-hybridized carbons (Fsp3) is 0.263. The van der Waals surface area contributed by atoms with Gasteiger partial charge in [-0.05, 0) is 31.0 Å². The standard InChI is InChI=1S/C19H18ClF2N5O2/c1-3-4-12-15(9-24-14-5-6-23-10(2)16(12)14)27-19(28)26-11-7-13(20)17(25-8-11)29-18(21)22/h5-9,18H,3-4H2,1-2H3,(H2,26,27,28). The number of urea groups is 1. The monoisotopic (exact) mass is 421 g/mol. The van der Waals surface area contributed by atoms with Crippen molar-refractivity contribution in [1.82, 2.24) is 15.0 Å². The summed E-state index contributed by atoms with van der Waals surface area (Å²) in [6.07, 6.45) is 6.06. The van der Waals surface area contributed by atoms with E-state index in [9.17, 15) is 13.6 Å². The molecule has 152 valence electrons. The zero-order chi connectivity index (χ0) is 21.0. The highest BCUT2D eigenvalue weighted by atomic mass is 35.5. The van der Waals surface area contributed by atoms with Crippen molar-refractivity contribution >= 4 is 39.9 Å². The number of aryl methyl sites for hydroxylation is 2. The lowest BCUT2D eigenvalue weighted by molar-refractivity contribution is -0.0527. The molecule has 3 heterocycles. The largest absolute Gasteiger partial charge is 0.415 e. The summed E-state index contributed by atoms with van der Waals surface area (Å²) in [5.74, 6) is -0.417. The third-order valence-corrected chi connectivity index (χ3v) is 4.36. The van der Waals surface area contributed by atoms with Gasteiger partial charge in [-0.25, -0.2) is 9.78 Å². The molecule has 0 saturated heterocycles. The average molecular weight is 422 g/mol. The van der Waals surface area contributed by atoms with E-state index in [0.29, 0.717) is 5.69 Å². The average Bonchev–Trinajstić information content (AvgIpc) is 2.66. The Bertz CT molecular complexity index is 1050. The molecular formula is C19H18ClF2N5O2. The van der Waals surface area contributed by atoms with Crippen LogP contribution in [0.1, 0.15) is 24.6 Å². The van der Waals surface area contributed by atoms with Gasteiger partial charge in [0.05, 0.1) is 29.3 Å². The Morgan fingerprint density at radius 1 is 1.24 bits per heavy atom. The highest BCUT2D eigenvalue weighted by molar-refractivity contribution is 6.32. The van der Waals surface area contributed by atoms with Crippen LogP contribution in [0.15, 0.2) is 30.7 Å². The van der Waals surface area contributed by atoms with Crippen molar-refractivity contribution in [3.05, 3.63) is 47.0 Å². The van der Waals surface area contributed by atoms with Gasteiger partial charge in [-0.15, -0.1) is 0 Å². The Hall–Kier alpha value is -3.07. The van der Waals surface area contributed by atoms with Gasteiger partial charge in [-0.1, -0.05) is 24.9 Å². The van der Waals surface area contributed by atoms with Gasteiger partial charge in [0.1, 0.15) is 5.02 Å². The molecule has 2 N–H and O–H groups in total. The van der Waals surface area contributed by atoms with E-state index in [1.165, 1.54) is 12.3 Å². The molecule has 3 rings (SSSR count). The number of halogens is 3. The summed E-state index contributed by atoms with van der Waals surface area (Å²) in [4.78, 5) is 24.8. The van der Waals surface area contributed by atoms with Crippen molar-refractivity contribution in [1.29, 1.82) is 0 Å². The second-order valence-corrected chi connectivity index (χ2v) is 6.57. The molecule has 2 amide bonds. The van der Waals surface area contributed by atoms with E-state index >= 15 is 0 Å². The van der Waals surface area contributed by atoms with Crippen LogP contribution in [0, 0.1) is 6.92 Å². The summed E-state index contributed by atoms with van der Waals surface area (Å²) in [7, 11) is 0. The SMILES string of the molecule is CCCc1c(NC(=O)Nc2cnc(OC(F)F)c(Cl)c2)cnc2ccnc(C)c12. The molecule has 7 nitrogen and oxygen atoms in total. The number of nitrogens with zero attached hydrogens (tertiary/aromatic N) is 3. The Morgan fingerprint density at radius 2 is 2.03 bits per heavy atom. The van der Waals surface area contributed by atoms with Gasteiger partial charge in [0.25, 0.3) is 0 Å². The number of carbonyl (C=O) groups excluding carboxylic acids is 1. The Balaban J connectivity index is 1.82. The van der Waals surface area contributed by atoms with Crippen LogP contribution in [-0.2, 0) is 6.42 Å². The summed E-state index contributed by atoms with van der Waals surface area (Å²) in [6, 6.07) is 2.54. The van der Waals surface area contributed by atoms with E-state index in [-0.39, 0.29) is 10.7 Å². The van der Waals surface area contributed by atoms with Crippen LogP contribution in [0.4, 0.5) is 25.0 Å². The van der Waals surface area contributed by atoms with Crippen molar-refractivity contribution in [2.75, 3.05) is 10.6 Å². The quantitative estimate of drug-likeness (QED) is 0.572. The van der Waals surface area contributed by atoms with Gasteiger partial charge < -0.3 is 15.4 Å². The fourth-order valence-corrected chi connectivity index (χ4v) is 3.16. The predicted octanol–water partition coefficient (Wildman–Crippen LogP) is 5.18. The highest BCUT2D eigenvalue weighted by Crippen LogP contribution is 2.28. The maximum Gasteiger partial charge on any atom is 0.388 e. The number of nitrogens with one attached hydrogen (secondary N) is 2. The molecule has 10 heteroatoms. The minimum Gasteiger partial charge on any atom is -0.415 e. The molecular weight excluding hydrogens is 404 g/mol. The summed E-state index contributed by atoms with van der Waals surface area (Å²) in [5, 5.41) is 6.09. The molecule has 0 aliphatic rings. The van der Waals surface area contributed by atoms with E-state index in [2.05, 4.69) is 30.3 Å². The number of fused-ring (bicyclic) bond motifs is 1. The molecule has 0 bridgehead atoms. The van der Waals surface area contributed by atoms with Crippen LogP contribution >= 0.6 is 11.6 Å². The molecule has 29 heavy (non-hydrogen) atoms. The normalized spacial score (nSPS) is 11.0. The third-order valence-electron chi connectivity index (χ3n) is 4.09. The number of rotatable bonds is 6. The molecule has 0 spiro atoms. The van der Waals surface area contributed by atoms with E-state index in [1.54, 1.807) is 12.4 Å². The summed E-state index contributed by atoms with van der Waals surface area (Å²) in [5.41, 5.74) is 3.35. The first-order chi connectivity index (χ1) is 13.9. The Morgan fingerprint density at radius 3 is 2.72 bits per heavy atom. The second-order valence-electron chi connectivity index (χ2n) is 6.16. The minimum atomic E-state index is -3.04. The number of pyridine rings is 3. The van der Waals surface area contributed by atoms with Crippen LogP contribution in [-0.4, -0.2) is 27.6 Å². The lowest BCUT2D eigenvalue weighted by Crippen LogP contribution is -2.21. The minimum absolute atomic E-state index is 0.149. The van der Waals surface area contributed by atoms with Crippen molar-refractivity contribution in [2.45, 2.75) is 33.3 Å². The number of ether oxygens (including phenoxy) is 1. The first-order valence-corrected chi connectivity index (χ1v) is 9.18. The number of hydrogen-bond acceptors (Lipinski definition) is 5. The molecule has 0 radical (unpaired) electrons. The summed E-state index contributed by atoms with van der Waals surface area (Å²) in [6.45, 7) is 0.889. The number of aromatic nitrogens is 3. The van der Waals surface area contributed by atoms with Crippen molar-refractivity contribution < 1.29 is 18.3 Å². The smallest absolute Gasteiger partial charge is 0.388 e. The molecule has 3 aromatic rings. The zero-order valence-electron chi connectivity index (χ0n) is 15.7. The van der Waals surface area contributed by atoms with Crippen molar-refractivity contribution in [3.8, 4) is 5.88 Å². The summed E-state index contributed by atoms with van der Waals surface area (Å²) < 4.78 is 28.7. The van der Waals surface area contributed by atoms with E-state index in [1.807, 2.05) is 19.9 Å². The topological polar surface area (TPSA) is 89.0 Å². The zero-order valence-corrected chi connectivity index (χ0v) is 16.4. The molecule has 0 aromatic carbocycles. The first kappa shape index (κ1) is 20.7.